The van der Waals surface area contributed by atoms with E-state index in [0.717, 1.165) is 27.0 Å². The van der Waals surface area contributed by atoms with E-state index in [0.29, 0.717) is 5.69 Å². The van der Waals surface area contributed by atoms with E-state index < -0.39 is 17.8 Å². The maximum Gasteiger partial charge on any atom is 0.435 e. The standard InChI is InChI=1S/C15H13F3N6OS/c1-23-9-19-21-14(23)26-11-4-2-10(3-5-11)20-13(25)8-24-7-6-12(22-24)15(16,17)18/h2-7,9H,8H2,1H3,(H,20,25). The molecule has 0 spiro atoms. The minimum Gasteiger partial charge on any atom is -0.324 e. The van der Waals surface area contributed by atoms with Gasteiger partial charge in [0.05, 0.1) is 0 Å². The predicted molar refractivity (Wildman–Crippen MR) is 87.4 cm³/mol. The summed E-state index contributed by atoms with van der Waals surface area (Å²) in [6.45, 7) is -0.314. The SMILES string of the molecule is Cn1cnnc1Sc1ccc(NC(=O)Cn2ccc(C(F)(F)F)n2)cc1. The second kappa shape index (κ2) is 7.20. The third-order valence-corrected chi connectivity index (χ3v) is 4.31. The molecule has 26 heavy (non-hydrogen) atoms. The molecule has 1 amide bonds. The first-order valence-electron chi connectivity index (χ1n) is 7.34. The molecule has 0 aliphatic rings. The first kappa shape index (κ1) is 18.0. The average molecular weight is 382 g/mol. The largest absolute Gasteiger partial charge is 0.435 e. The van der Waals surface area contributed by atoms with Crippen LogP contribution in [0.15, 0.2) is 52.9 Å². The molecule has 0 bridgehead atoms. The van der Waals surface area contributed by atoms with Crippen molar-refractivity contribution in [2.24, 2.45) is 7.05 Å². The molecule has 0 aliphatic carbocycles. The van der Waals surface area contributed by atoms with Crippen molar-refractivity contribution in [1.82, 2.24) is 24.5 Å². The highest BCUT2D eigenvalue weighted by Gasteiger charge is 2.33. The molecule has 2 heterocycles. The molecule has 1 N–H and O–H groups in total. The summed E-state index contributed by atoms with van der Waals surface area (Å²) in [4.78, 5) is 12.9. The van der Waals surface area contributed by atoms with Crippen LogP contribution in [0.25, 0.3) is 0 Å². The van der Waals surface area contributed by atoms with Crippen LogP contribution in [-0.4, -0.2) is 30.5 Å². The number of hydrogen-bond donors (Lipinski definition) is 1. The minimum atomic E-state index is -4.53. The van der Waals surface area contributed by atoms with Gasteiger partial charge in [-0.1, -0.05) is 0 Å². The molecular weight excluding hydrogens is 369 g/mol. The lowest BCUT2D eigenvalue weighted by molar-refractivity contribution is -0.141. The zero-order valence-corrected chi connectivity index (χ0v) is 14.3. The van der Waals surface area contributed by atoms with Crippen molar-refractivity contribution in [3.63, 3.8) is 0 Å². The minimum absolute atomic E-state index is 0.314. The number of amides is 1. The topological polar surface area (TPSA) is 77.6 Å². The Bertz CT molecular complexity index is 903. The number of halogens is 3. The Morgan fingerprint density at radius 1 is 1.23 bits per heavy atom. The van der Waals surface area contributed by atoms with Crippen LogP contribution in [0.2, 0.25) is 0 Å². The van der Waals surface area contributed by atoms with Gasteiger partial charge in [0.2, 0.25) is 5.91 Å². The number of alkyl halides is 3. The molecule has 0 saturated carbocycles. The third-order valence-electron chi connectivity index (χ3n) is 3.25. The molecule has 136 valence electrons. The van der Waals surface area contributed by atoms with Crippen LogP contribution in [0.3, 0.4) is 0 Å². The highest BCUT2D eigenvalue weighted by molar-refractivity contribution is 7.99. The third kappa shape index (κ3) is 4.42. The summed E-state index contributed by atoms with van der Waals surface area (Å²) < 4.78 is 40.2. The van der Waals surface area contributed by atoms with Crippen LogP contribution < -0.4 is 5.32 Å². The van der Waals surface area contributed by atoms with E-state index in [4.69, 9.17) is 0 Å². The number of nitrogens with zero attached hydrogens (tertiary/aromatic N) is 5. The van der Waals surface area contributed by atoms with Gasteiger partial charge in [0.15, 0.2) is 10.9 Å². The van der Waals surface area contributed by atoms with Gasteiger partial charge in [0, 0.05) is 23.8 Å². The average Bonchev–Trinajstić information content (AvgIpc) is 3.19. The zero-order valence-electron chi connectivity index (χ0n) is 13.4. The Morgan fingerprint density at radius 2 is 1.96 bits per heavy atom. The highest BCUT2D eigenvalue weighted by atomic mass is 32.2. The molecule has 2 aromatic heterocycles. The van der Waals surface area contributed by atoms with Crippen LogP contribution in [0, 0.1) is 0 Å². The fourth-order valence-corrected chi connectivity index (χ4v) is 2.79. The predicted octanol–water partition coefficient (Wildman–Crippen LogP) is 2.82. The summed E-state index contributed by atoms with van der Waals surface area (Å²) in [5, 5.41) is 14.4. The van der Waals surface area contributed by atoms with Crippen LogP contribution >= 0.6 is 11.8 Å². The van der Waals surface area contributed by atoms with Crippen LogP contribution in [0.4, 0.5) is 18.9 Å². The Morgan fingerprint density at radius 3 is 2.54 bits per heavy atom. The normalized spacial score (nSPS) is 11.5. The second-order valence-corrected chi connectivity index (χ2v) is 6.34. The number of aryl methyl sites for hydroxylation is 1. The highest BCUT2D eigenvalue weighted by Crippen LogP contribution is 2.27. The van der Waals surface area contributed by atoms with Gasteiger partial charge in [0.25, 0.3) is 0 Å². The van der Waals surface area contributed by atoms with Crippen molar-refractivity contribution >= 4 is 23.4 Å². The van der Waals surface area contributed by atoms with E-state index in [1.54, 1.807) is 35.2 Å². The fourth-order valence-electron chi connectivity index (χ4n) is 2.03. The molecule has 0 aliphatic heterocycles. The monoisotopic (exact) mass is 382 g/mol. The van der Waals surface area contributed by atoms with Gasteiger partial charge >= 0.3 is 6.18 Å². The van der Waals surface area contributed by atoms with Crippen molar-refractivity contribution < 1.29 is 18.0 Å². The van der Waals surface area contributed by atoms with Gasteiger partial charge in [0.1, 0.15) is 12.9 Å². The van der Waals surface area contributed by atoms with Gasteiger partial charge in [-0.15, -0.1) is 10.2 Å². The van der Waals surface area contributed by atoms with Gasteiger partial charge in [-0.05, 0) is 42.1 Å². The summed E-state index contributed by atoms with van der Waals surface area (Å²) in [6.07, 6.45) is -1.82. The van der Waals surface area contributed by atoms with Crippen molar-refractivity contribution in [2.45, 2.75) is 22.8 Å². The molecule has 0 fully saturated rings. The molecule has 0 radical (unpaired) electrons. The van der Waals surface area contributed by atoms with Crippen LogP contribution in [0.1, 0.15) is 5.69 Å². The molecular formula is C15H13F3N6OS. The van der Waals surface area contributed by atoms with E-state index in [-0.39, 0.29) is 6.54 Å². The number of carbonyl (C=O) groups is 1. The summed E-state index contributed by atoms with van der Waals surface area (Å²) in [5.74, 6) is -0.476. The Kier molecular flexibility index (Phi) is 4.98. The molecule has 7 nitrogen and oxygen atoms in total. The first-order chi connectivity index (χ1) is 12.3. The maximum atomic E-state index is 12.5. The first-order valence-corrected chi connectivity index (χ1v) is 8.15. The maximum absolute atomic E-state index is 12.5. The number of anilines is 1. The quantitative estimate of drug-likeness (QED) is 0.734. The molecule has 0 atom stereocenters. The van der Waals surface area contributed by atoms with E-state index in [1.807, 2.05) is 7.05 Å². The summed E-state index contributed by atoms with van der Waals surface area (Å²) >= 11 is 1.41. The van der Waals surface area contributed by atoms with Crippen molar-refractivity contribution in [3.8, 4) is 0 Å². The summed E-state index contributed by atoms with van der Waals surface area (Å²) in [5.41, 5.74) is -0.504. The number of hydrogen-bond acceptors (Lipinski definition) is 5. The van der Waals surface area contributed by atoms with E-state index in [9.17, 15) is 18.0 Å². The second-order valence-electron chi connectivity index (χ2n) is 5.30. The molecule has 0 unspecified atom stereocenters. The van der Waals surface area contributed by atoms with Gasteiger partial charge < -0.3 is 9.88 Å². The fraction of sp³-hybridized carbons (Fsp3) is 0.200. The number of aromatic nitrogens is 5. The molecule has 3 rings (SSSR count). The van der Waals surface area contributed by atoms with E-state index >= 15 is 0 Å². The number of benzene rings is 1. The lowest BCUT2D eigenvalue weighted by atomic mass is 10.3. The molecule has 3 aromatic rings. The smallest absolute Gasteiger partial charge is 0.324 e. The van der Waals surface area contributed by atoms with Gasteiger partial charge in [-0.2, -0.15) is 18.3 Å². The lowest BCUT2D eigenvalue weighted by Gasteiger charge is -2.07. The Balaban J connectivity index is 1.57. The number of nitrogens with one attached hydrogen (secondary N) is 1. The number of carbonyl (C=O) groups excluding carboxylic acids is 1. The van der Waals surface area contributed by atoms with Gasteiger partial charge in [-0.3, -0.25) is 9.48 Å². The van der Waals surface area contributed by atoms with Crippen molar-refractivity contribution in [3.05, 3.63) is 48.5 Å². The van der Waals surface area contributed by atoms with Crippen molar-refractivity contribution in [2.75, 3.05) is 5.32 Å². The Labute approximate surface area is 150 Å². The van der Waals surface area contributed by atoms with E-state index in [2.05, 4.69) is 20.6 Å². The molecule has 1 aromatic carbocycles. The Hall–Kier alpha value is -2.82. The summed E-state index contributed by atoms with van der Waals surface area (Å²) in [7, 11) is 1.83. The molecule has 11 heteroatoms. The van der Waals surface area contributed by atoms with Gasteiger partial charge in [-0.25, -0.2) is 0 Å². The van der Waals surface area contributed by atoms with Crippen LogP contribution in [-0.2, 0) is 24.6 Å². The number of rotatable bonds is 5. The summed E-state index contributed by atoms with van der Waals surface area (Å²) in [6, 6.07) is 7.81. The zero-order chi connectivity index (χ0) is 18.7. The van der Waals surface area contributed by atoms with E-state index in [1.165, 1.54) is 11.8 Å². The lowest BCUT2D eigenvalue weighted by Crippen LogP contribution is -2.19. The van der Waals surface area contributed by atoms with Crippen LogP contribution in [0.5, 0.6) is 0 Å². The van der Waals surface area contributed by atoms with Crippen molar-refractivity contribution in [1.29, 1.82) is 0 Å². The molecule has 0 saturated heterocycles.